The van der Waals surface area contributed by atoms with Gasteiger partial charge in [0.25, 0.3) is 5.91 Å². The van der Waals surface area contributed by atoms with E-state index in [0.29, 0.717) is 5.69 Å². The third kappa shape index (κ3) is 4.82. The fraction of sp³-hybridized carbons (Fsp3) is 0.222. The first-order chi connectivity index (χ1) is 11.7. The number of alkyl halides is 3. The highest BCUT2D eigenvalue weighted by Crippen LogP contribution is 2.29. The van der Waals surface area contributed by atoms with Crippen LogP contribution in [0.1, 0.15) is 21.5 Å². The van der Waals surface area contributed by atoms with Crippen molar-refractivity contribution < 1.29 is 27.5 Å². The zero-order valence-corrected chi connectivity index (χ0v) is 13.6. The molecule has 4 nitrogen and oxygen atoms in total. The number of ether oxygens (including phenoxy) is 1. The largest absolute Gasteiger partial charge is 0.452 e. The van der Waals surface area contributed by atoms with Gasteiger partial charge in [-0.2, -0.15) is 13.2 Å². The third-order valence-electron chi connectivity index (χ3n) is 3.54. The maximum atomic E-state index is 12.5. The first-order valence-electron chi connectivity index (χ1n) is 7.36. The van der Waals surface area contributed by atoms with E-state index in [1.54, 1.807) is 25.2 Å². The molecule has 132 valence electrons. The Hall–Kier alpha value is -2.83. The lowest BCUT2D eigenvalue weighted by molar-refractivity contribution is -0.137. The van der Waals surface area contributed by atoms with Crippen molar-refractivity contribution >= 4 is 17.6 Å². The fourth-order valence-corrected chi connectivity index (χ4v) is 2.08. The zero-order chi connectivity index (χ0) is 18.6. The minimum atomic E-state index is -4.48. The Balaban J connectivity index is 1.96. The minimum absolute atomic E-state index is 0.0565. The molecule has 0 atom stereocenters. The van der Waals surface area contributed by atoms with Crippen LogP contribution in [-0.2, 0) is 15.7 Å². The number of benzene rings is 2. The summed E-state index contributed by atoms with van der Waals surface area (Å²) < 4.78 is 42.3. The predicted octanol–water partition coefficient (Wildman–Crippen LogP) is 3.83. The Morgan fingerprint density at radius 1 is 1.08 bits per heavy atom. The average Bonchev–Trinajstić information content (AvgIpc) is 2.58. The summed E-state index contributed by atoms with van der Waals surface area (Å²) in [6, 6.07) is 10.8. The predicted molar refractivity (Wildman–Crippen MR) is 86.3 cm³/mol. The van der Waals surface area contributed by atoms with Crippen molar-refractivity contribution in [1.82, 2.24) is 0 Å². The standard InChI is InChI=1S/C18H16F3NO3/c1-12-4-3-5-15(10-12)22(2)16(23)11-25-17(24)13-6-8-14(9-7-13)18(19,20)21/h3-10H,11H2,1-2H3. The molecule has 1 amide bonds. The summed E-state index contributed by atoms with van der Waals surface area (Å²) in [6.07, 6.45) is -4.48. The number of anilines is 1. The highest BCUT2D eigenvalue weighted by Gasteiger charge is 2.30. The quantitative estimate of drug-likeness (QED) is 0.787. The number of hydrogen-bond donors (Lipinski definition) is 0. The lowest BCUT2D eigenvalue weighted by Crippen LogP contribution is -2.31. The molecule has 0 aliphatic heterocycles. The lowest BCUT2D eigenvalue weighted by Gasteiger charge is -2.17. The van der Waals surface area contributed by atoms with Crippen LogP contribution in [0.4, 0.5) is 18.9 Å². The molecule has 0 radical (unpaired) electrons. The Bertz CT molecular complexity index is 770. The van der Waals surface area contributed by atoms with E-state index >= 15 is 0 Å². The van der Waals surface area contributed by atoms with E-state index in [1.807, 2.05) is 13.0 Å². The molecule has 0 bridgehead atoms. The van der Waals surface area contributed by atoms with Crippen LogP contribution in [0.25, 0.3) is 0 Å². The normalized spacial score (nSPS) is 11.1. The van der Waals surface area contributed by atoms with E-state index in [9.17, 15) is 22.8 Å². The van der Waals surface area contributed by atoms with E-state index in [1.165, 1.54) is 4.90 Å². The van der Waals surface area contributed by atoms with Gasteiger partial charge < -0.3 is 9.64 Å². The molecule has 0 spiro atoms. The molecule has 0 aliphatic rings. The number of likely N-dealkylation sites (N-methyl/N-ethyl adjacent to an activating group) is 1. The summed E-state index contributed by atoms with van der Waals surface area (Å²) >= 11 is 0. The topological polar surface area (TPSA) is 46.6 Å². The van der Waals surface area contributed by atoms with E-state index in [2.05, 4.69) is 0 Å². The summed E-state index contributed by atoms with van der Waals surface area (Å²) in [5.74, 6) is -1.31. The summed E-state index contributed by atoms with van der Waals surface area (Å²) in [7, 11) is 1.54. The van der Waals surface area contributed by atoms with Crippen molar-refractivity contribution in [2.24, 2.45) is 0 Å². The molecule has 2 aromatic rings. The Morgan fingerprint density at radius 3 is 2.28 bits per heavy atom. The molecule has 0 unspecified atom stereocenters. The number of carbonyl (C=O) groups is 2. The molecule has 0 aliphatic carbocycles. The van der Waals surface area contributed by atoms with Crippen LogP contribution in [-0.4, -0.2) is 25.5 Å². The molecule has 0 saturated carbocycles. The molecule has 25 heavy (non-hydrogen) atoms. The molecule has 0 heterocycles. The van der Waals surface area contributed by atoms with Gasteiger partial charge in [-0.1, -0.05) is 12.1 Å². The second-order valence-corrected chi connectivity index (χ2v) is 5.44. The van der Waals surface area contributed by atoms with Crippen LogP contribution in [0.15, 0.2) is 48.5 Å². The van der Waals surface area contributed by atoms with E-state index in [-0.39, 0.29) is 5.56 Å². The van der Waals surface area contributed by atoms with Crippen LogP contribution in [0.3, 0.4) is 0 Å². The smallest absolute Gasteiger partial charge is 0.416 e. The van der Waals surface area contributed by atoms with Crippen LogP contribution in [0.2, 0.25) is 0 Å². The van der Waals surface area contributed by atoms with Crippen molar-refractivity contribution in [1.29, 1.82) is 0 Å². The maximum absolute atomic E-state index is 12.5. The molecular formula is C18H16F3NO3. The van der Waals surface area contributed by atoms with Gasteiger partial charge in [0, 0.05) is 12.7 Å². The molecular weight excluding hydrogens is 335 g/mol. The molecule has 0 N–H and O–H groups in total. The summed E-state index contributed by atoms with van der Waals surface area (Å²) in [4.78, 5) is 25.3. The Morgan fingerprint density at radius 2 is 1.72 bits per heavy atom. The highest BCUT2D eigenvalue weighted by atomic mass is 19.4. The maximum Gasteiger partial charge on any atom is 0.416 e. The Kier molecular flexibility index (Phi) is 5.46. The molecule has 7 heteroatoms. The number of rotatable bonds is 4. The SMILES string of the molecule is Cc1cccc(N(C)C(=O)COC(=O)c2ccc(C(F)(F)F)cc2)c1. The summed E-state index contributed by atoms with van der Waals surface area (Å²) in [6.45, 7) is 1.37. The number of hydrogen-bond acceptors (Lipinski definition) is 3. The fourth-order valence-electron chi connectivity index (χ4n) is 2.08. The van der Waals surface area contributed by atoms with Crippen molar-refractivity contribution in [3.63, 3.8) is 0 Å². The number of aryl methyl sites for hydroxylation is 1. The van der Waals surface area contributed by atoms with Crippen molar-refractivity contribution in [3.05, 3.63) is 65.2 Å². The first-order valence-corrected chi connectivity index (χ1v) is 7.36. The number of nitrogens with zero attached hydrogens (tertiary/aromatic N) is 1. The van der Waals surface area contributed by atoms with Gasteiger partial charge in [0.15, 0.2) is 6.61 Å². The molecule has 0 saturated heterocycles. The Labute approximate surface area is 142 Å². The zero-order valence-electron chi connectivity index (χ0n) is 13.6. The summed E-state index contributed by atoms with van der Waals surface area (Å²) in [5, 5.41) is 0. The van der Waals surface area contributed by atoms with Gasteiger partial charge in [0.2, 0.25) is 0 Å². The van der Waals surface area contributed by atoms with Gasteiger partial charge in [-0.3, -0.25) is 4.79 Å². The van der Waals surface area contributed by atoms with E-state index in [4.69, 9.17) is 4.74 Å². The number of halogens is 3. The lowest BCUT2D eigenvalue weighted by atomic mass is 10.1. The minimum Gasteiger partial charge on any atom is -0.452 e. The van der Waals surface area contributed by atoms with E-state index in [0.717, 1.165) is 29.8 Å². The number of amides is 1. The van der Waals surface area contributed by atoms with Crippen LogP contribution in [0.5, 0.6) is 0 Å². The van der Waals surface area contributed by atoms with Crippen molar-refractivity contribution in [2.75, 3.05) is 18.6 Å². The van der Waals surface area contributed by atoms with E-state index < -0.39 is 30.2 Å². The monoisotopic (exact) mass is 351 g/mol. The van der Waals surface area contributed by atoms with Gasteiger partial charge in [0.05, 0.1) is 11.1 Å². The van der Waals surface area contributed by atoms with Gasteiger partial charge >= 0.3 is 12.1 Å². The second kappa shape index (κ2) is 7.38. The third-order valence-corrected chi connectivity index (χ3v) is 3.54. The van der Waals surface area contributed by atoms with Gasteiger partial charge in [-0.15, -0.1) is 0 Å². The number of carbonyl (C=O) groups excluding carboxylic acids is 2. The van der Waals surface area contributed by atoms with Gasteiger partial charge in [0.1, 0.15) is 0 Å². The second-order valence-electron chi connectivity index (χ2n) is 5.44. The van der Waals surface area contributed by atoms with Crippen molar-refractivity contribution in [2.45, 2.75) is 13.1 Å². The van der Waals surface area contributed by atoms with Gasteiger partial charge in [-0.05, 0) is 48.9 Å². The number of esters is 1. The van der Waals surface area contributed by atoms with Crippen molar-refractivity contribution in [3.8, 4) is 0 Å². The molecule has 0 fully saturated rings. The first kappa shape index (κ1) is 18.5. The summed E-state index contributed by atoms with van der Waals surface area (Å²) in [5.41, 5.74) is 0.702. The molecule has 2 aromatic carbocycles. The molecule has 0 aromatic heterocycles. The highest BCUT2D eigenvalue weighted by molar-refractivity contribution is 5.96. The average molecular weight is 351 g/mol. The molecule has 2 rings (SSSR count). The van der Waals surface area contributed by atoms with Crippen LogP contribution in [0, 0.1) is 6.92 Å². The van der Waals surface area contributed by atoms with Crippen LogP contribution < -0.4 is 4.90 Å². The van der Waals surface area contributed by atoms with Gasteiger partial charge in [-0.25, -0.2) is 4.79 Å². The van der Waals surface area contributed by atoms with Crippen LogP contribution >= 0.6 is 0 Å².